The molecule has 0 saturated carbocycles. The minimum Gasteiger partial charge on any atom is -0.475 e. The molecule has 4 nitrogen and oxygen atoms in total. The van der Waals surface area contributed by atoms with Crippen LogP contribution in [0.2, 0.25) is 5.15 Å². The largest absolute Gasteiger partial charge is 0.475 e. The average Bonchev–Trinajstić information content (AvgIpc) is 2.29. The molecule has 86 valence electrons. The standard InChI is InChI=1S/C12H8ClNO3/c13-11-8(6-10(15)12(16)17)5-7-3-1-2-4-9(7)14-11/h1-5H,6H2,(H,16,17). The van der Waals surface area contributed by atoms with Crippen LogP contribution >= 0.6 is 11.6 Å². The van der Waals surface area contributed by atoms with Crippen LogP contribution in [-0.2, 0) is 16.0 Å². The second kappa shape index (κ2) is 4.51. The molecule has 0 aliphatic carbocycles. The van der Waals surface area contributed by atoms with E-state index in [-0.39, 0.29) is 11.6 Å². The molecule has 0 fully saturated rings. The zero-order valence-electron chi connectivity index (χ0n) is 8.68. The molecule has 0 aliphatic heterocycles. The summed E-state index contributed by atoms with van der Waals surface area (Å²) in [5.74, 6) is -2.36. The van der Waals surface area contributed by atoms with E-state index in [1.54, 1.807) is 12.1 Å². The van der Waals surface area contributed by atoms with E-state index in [0.29, 0.717) is 11.1 Å². The number of halogens is 1. The van der Waals surface area contributed by atoms with Crippen molar-refractivity contribution in [2.45, 2.75) is 6.42 Å². The lowest BCUT2D eigenvalue weighted by molar-refractivity contribution is -0.148. The maximum absolute atomic E-state index is 11.1. The summed E-state index contributed by atoms with van der Waals surface area (Å²) in [6.45, 7) is 0. The van der Waals surface area contributed by atoms with Gasteiger partial charge in [0.15, 0.2) is 0 Å². The fourth-order valence-corrected chi connectivity index (χ4v) is 1.72. The van der Waals surface area contributed by atoms with E-state index >= 15 is 0 Å². The SMILES string of the molecule is O=C(O)C(=O)Cc1cc2ccccc2nc1Cl. The minimum atomic E-state index is -1.46. The van der Waals surface area contributed by atoms with Crippen LogP contribution in [-0.4, -0.2) is 21.8 Å². The van der Waals surface area contributed by atoms with Gasteiger partial charge in [-0.15, -0.1) is 0 Å². The van der Waals surface area contributed by atoms with Crippen molar-refractivity contribution in [2.24, 2.45) is 0 Å². The highest BCUT2D eigenvalue weighted by atomic mass is 35.5. The second-order valence-corrected chi connectivity index (χ2v) is 3.89. The highest BCUT2D eigenvalue weighted by molar-refractivity contribution is 6.35. The fourth-order valence-electron chi connectivity index (χ4n) is 1.51. The van der Waals surface area contributed by atoms with E-state index in [9.17, 15) is 9.59 Å². The Morgan fingerprint density at radius 3 is 2.71 bits per heavy atom. The number of rotatable bonds is 3. The number of ketones is 1. The van der Waals surface area contributed by atoms with Gasteiger partial charge in [-0.2, -0.15) is 0 Å². The molecule has 1 N–H and O–H groups in total. The van der Waals surface area contributed by atoms with Gasteiger partial charge in [0.25, 0.3) is 0 Å². The molecule has 0 spiro atoms. The van der Waals surface area contributed by atoms with Gasteiger partial charge >= 0.3 is 5.97 Å². The van der Waals surface area contributed by atoms with Gasteiger partial charge in [-0.3, -0.25) is 4.79 Å². The van der Waals surface area contributed by atoms with E-state index in [4.69, 9.17) is 16.7 Å². The van der Waals surface area contributed by atoms with Gasteiger partial charge in [0, 0.05) is 11.8 Å². The Bertz CT molecular complexity index is 610. The molecule has 17 heavy (non-hydrogen) atoms. The number of carbonyl (C=O) groups is 2. The zero-order chi connectivity index (χ0) is 12.4. The molecule has 2 rings (SSSR count). The van der Waals surface area contributed by atoms with Crippen LogP contribution in [0.15, 0.2) is 30.3 Å². The predicted octanol–water partition coefficient (Wildman–Crippen LogP) is 2.08. The van der Waals surface area contributed by atoms with Crippen molar-refractivity contribution in [3.05, 3.63) is 41.0 Å². The smallest absolute Gasteiger partial charge is 0.372 e. The van der Waals surface area contributed by atoms with Gasteiger partial charge in [0.2, 0.25) is 5.78 Å². The van der Waals surface area contributed by atoms with Crippen LogP contribution in [0.4, 0.5) is 0 Å². The first kappa shape index (κ1) is 11.5. The summed E-state index contributed by atoms with van der Waals surface area (Å²) in [5.41, 5.74) is 1.14. The Labute approximate surface area is 102 Å². The molecule has 0 unspecified atom stereocenters. The first-order valence-electron chi connectivity index (χ1n) is 4.88. The Morgan fingerprint density at radius 2 is 2.00 bits per heavy atom. The molecule has 0 radical (unpaired) electrons. The lowest BCUT2D eigenvalue weighted by Gasteiger charge is -2.03. The summed E-state index contributed by atoms with van der Waals surface area (Å²) in [6.07, 6.45) is -0.244. The monoisotopic (exact) mass is 249 g/mol. The number of pyridine rings is 1. The van der Waals surface area contributed by atoms with Crippen molar-refractivity contribution in [1.82, 2.24) is 4.98 Å². The number of hydrogen-bond donors (Lipinski definition) is 1. The van der Waals surface area contributed by atoms with Gasteiger partial charge in [0.1, 0.15) is 5.15 Å². The molecule has 0 aliphatic rings. The van der Waals surface area contributed by atoms with Crippen LogP contribution in [0.1, 0.15) is 5.56 Å². The maximum Gasteiger partial charge on any atom is 0.372 e. The Kier molecular flexibility index (Phi) is 3.06. The lowest BCUT2D eigenvalue weighted by atomic mass is 10.1. The summed E-state index contributed by atoms with van der Waals surface area (Å²) in [4.78, 5) is 25.7. The topological polar surface area (TPSA) is 67.3 Å². The van der Waals surface area contributed by atoms with Gasteiger partial charge < -0.3 is 5.11 Å². The third kappa shape index (κ3) is 2.42. The number of aliphatic carboxylic acids is 1. The number of hydrogen-bond acceptors (Lipinski definition) is 3. The third-order valence-corrected chi connectivity index (χ3v) is 2.67. The molecular weight excluding hydrogens is 242 g/mol. The first-order valence-corrected chi connectivity index (χ1v) is 5.26. The van der Waals surface area contributed by atoms with Crippen LogP contribution in [0.5, 0.6) is 0 Å². The van der Waals surface area contributed by atoms with Crippen molar-refractivity contribution in [3.8, 4) is 0 Å². The molecule has 0 saturated heterocycles. The molecule has 1 heterocycles. The van der Waals surface area contributed by atoms with E-state index < -0.39 is 11.8 Å². The number of carboxylic acids is 1. The predicted molar refractivity (Wildman–Crippen MR) is 63.1 cm³/mol. The summed E-state index contributed by atoms with van der Waals surface area (Å²) >= 11 is 5.90. The summed E-state index contributed by atoms with van der Waals surface area (Å²) in [7, 11) is 0. The molecule has 1 aromatic carbocycles. The molecule has 0 atom stereocenters. The van der Waals surface area contributed by atoms with Gasteiger partial charge in [-0.1, -0.05) is 29.8 Å². The van der Waals surface area contributed by atoms with E-state index in [0.717, 1.165) is 5.39 Å². The first-order chi connectivity index (χ1) is 8.08. The lowest BCUT2D eigenvalue weighted by Crippen LogP contribution is -2.15. The van der Waals surface area contributed by atoms with Gasteiger partial charge in [-0.05, 0) is 17.7 Å². The number of nitrogens with zero attached hydrogens (tertiary/aromatic N) is 1. The van der Waals surface area contributed by atoms with Crippen LogP contribution < -0.4 is 0 Å². The van der Waals surface area contributed by atoms with E-state index in [2.05, 4.69) is 4.98 Å². The Morgan fingerprint density at radius 1 is 1.29 bits per heavy atom. The van der Waals surface area contributed by atoms with Crippen molar-refractivity contribution >= 4 is 34.3 Å². The fraction of sp³-hybridized carbons (Fsp3) is 0.0833. The quantitative estimate of drug-likeness (QED) is 0.668. The summed E-state index contributed by atoms with van der Waals surface area (Å²) < 4.78 is 0. The maximum atomic E-state index is 11.1. The molecule has 1 aromatic heterocycles. The number of fused-ring (bicyclic) bond motifs is 1. The van der Waals surface area contributed by atoms with Crippen LogP contribution in [0.3, 0.4) is 0 Å². The average molecular weight is 250 g/mol. The molecule has 5 heteroatoms. The number of aromatic nitrogens is 1. The van der Waals surface area contributed by atoms with E-state index in [1.165, 1.54) is 0 Å². The molecule has 2 aromatic rings. The van der Waals surface area contributed by atoms with Crippen molar-refractivity contribution in [2.75, 3.05) is 0 Å². The number of benzene rings is 1. The summed E-state index contributed by atoms with van der Waals surface area (Å²) in [5, 5.41) is 9.52. The van der Waals surface area contributed by atoms with Gasteiger partial charge in [0.05, 0.1) is 5.52 Å². The molecule has 0 amide bonds. The van der Waals surface area contributed by atoms with Crippen molar-refractivity contribution in [1.29, 1.82) is 0 Å². The third-order valence-electron chi connectivity index (χ3n) is 2.34. The van der Waals surface area contributed by atoms with Crippen LogP contribution in [0, 0.1) is 0 Å². The molecular formula is C12H8ClNO3. The minimum absolute atomic E-state index is 0.165. The second-order valence-electron chi connectivity index (χ2n) is 3.54. The highest BCUT2D eigenvalue weighted by Gasteiger charge is 2.15. The molecule has 0 bridgehead atoms. The number of para-hydroxylation sites is 1. The highest BCUT2D eigenvalue weighted by Crippen LogP contribution is 2.20. The summed E-state index contributed by atoms with van der Waals surface area (Å²) in [6, 6.07) is 8.97. The number of Topliss-reactive ketones (excluding diaryl/α,β-unsaturated/α-hetero) is 1. The normalized spacial score (nSPS) is 10.4. The van der Waals surface area contributed by atoms with Crippen LogP contribution in [0.25, 0.3) is 10.9 Å². The van der Waals surface area contributed by atoms with Gasteiger partial charge in [-0.25, -0.2) is 9.78 Å². The zero-order valence-corrected chi connectivity index (χ0v) is 9.44. The van der Waals surface area contributed by atoms with Crippen molar-refractivity contribution < 1.29 is 14.7 Å². The number of carboxylic acid groups (broad SMARTS) is 1. The van der Waals surface area contributed by atoms with E-state index in [1.807, 2.05) is 18.2 Å². The van der Waals surface area contributed by atoms with Crippen molar-refractivity contribution in [3.63, 3.8) is 0 Å². The number of carbonyl (C=O) groups excluding carboxylic acids is 1. The Balaban J connectivity index is 2.44. The Hall–Kier alpha value is -1.94.